The number of aliphatic hydroxyl groups excluding tert-OH is 1. The Bertz CT molecular complexity index is 236. The molecule has 1 unspecified atom stereocenters. The first-order valence-corrected chi connectivity index (χ1v) is 5.71. The first-order chi connectivity index (χ1) is 7.15. The van der Waals surface area contributed by atoms with Gasteiger partial charge < -0.3 is 10.4 Å². The molecule has 2 N–H and O–H groups in total. The lowest BCUT2D eigenvalue weighted by molar-refractivity contribution is -0.126. The summed E-state index contributed by atoms with van der Waals surface area (Å²) in [5, 5.41) is 12.0. The molecule has 0 saturated carbocycles. The summed E-state index contributed by atoms with van der Waals surface area (Å²) in [5.74, 6) is 0.466. The molecule has 3 heteroatoms. The Kier molecular flexibility index (Phi) is 4.82. The van der Waals surface area contributed by atoms with E-state index in [1.165, 1.54) is 0 Å². The van der Waals surface area contributed by atoms with E-state index in [0.717, 1.165) is 19.3 Å². The fourth-order valence-electron chi connectivity index (χ4n) is 1.76. The summed E-state index contributed by atoms with van der Waals surface area (Å²) in [5.41, 5.74) is 0. The second-order valence-electron chi connectivity index (χ2n) is 4.52. The first kappa shape index (κ1) is 12.2. The van der Waals surface area contributed by atoms with Crippen molar-refractivity contribution in [3.8, 4) is 0 Å². The van der Waals surface area contributed by atoms with Crippen molar-refractivity contribution in [1.29, 1.82) is 0 Å². The largest absolute Gasteiger partial charge is 0.394 e. The van der Waals surface area contributed by atoms with E-state index >= 15 is 0 Å². The van der Waals surface area contributed by atoms with E-state index in [9.17, 15) is 4.79 Å². The number of allylic oxidation sites excluding steroid dienone is 2. The number of aliphatic hydroxyl groups is 1. The van der Waals surface area contributed by atoms with Gasteiger partial charge in [0.15, 0.2) is 0 Å². The van der Waals surface area contributed by atoms with E-state index in [1.54, 1.807) is 0 Å². The summed E-state index contributed by atoms with van der Waals surface area (Å²) in [4.78, 5) is 11.8. The van der Waals surface area contributed by atoms with Crippen molar-refractivity contribution in [3.63, 3.8) is 0 Å². The number of rotatable bonds is 4. The SMILES string of the molecule is CC(C)[C@@H](CO)NC(=O)C1CC=CCC1. The fourth-order valence-corrected chi connectivity index (χ4v) is 1.76. The molecule has 1 aliphatic carbocycles. The maximum Gasteiger partial charge on any atom is 0.223 e. The lowest BCUT2D eigenvalue weighted by atomic mass is 9.93. The van der Waals surface area contributed by atoms with Crippen molar-refractivity contribution in [1.82, 2.24) is 5.32 Å². The lowest BCUT2D eigenvalue weighted by Gasteiger charge is -2.24. The summed E-state index contributed by atoms with van der Waals surface area (Å²) >= 11 is 0. The minimum Gasteiger partial charge on any atom is -0.394 e. The molecule has 1 amide bonds. The number of amides is 1. The Morgan fingerprint density at radius 1 is 1.53 bits per heavy atom. The molecule has 0 bridgehead atoms. The maximum absolute atomic E-state index is 11.8. The molecule has 0 heterocycles. The molecular formula is C12H21NO2. The Hall–Kier alpha value is -0.830. The Balaban J connectivity index is 2.43. The Morgan fingerprint density at radius 3 is 2.73 bits per heavy atom. The van der Waals surface area contributed by atoms with Crippen molar-refractivity contribution < 1.29 is 9.90 Å². The van der Waals surface area contributed by atoms with Gasteiger partial charge in [-0.3, -0.25) is 4.79 Å². The fraction of sp³-hybridized carbons (Fsp3) is 0.750. The third kappa shape index (κ3) is 3.67. The Labute approximate surface area is 91.6 Å². The van der Waals surface area contributed by atoms with E-state index in [-0.39, 0.29) is 30.4 Å². The van der Waals surface area contributed by atoms with E-state index < -0.39 is 0 Å². The van der Waals surface area contributed by atoms with Crippen molar-refractivity contribution in [2.45, 2.75) is 39.2 Å². The van der Waals surface area contributed by atoms with Crippen LogP contribution in [0.1, 0.15) is 33.1 Å². The zero-order valence-corrected chi connectivity index (χ0v) is 9.57. The van der Waals surface area contributed by atoms with Gasteiger partial charge in [-0.25, -0.2) is 0 Å². The highest BCUT2D eigenvalue weighted by molar-refractivity contribution is 5.79. The van der Waals surface area contributed by atoms with Gasteiger partial charge >= 0.3 is 0 Å². The maximum atomic E-state index is 11.8. The number of carbonyl (C=O) groups is 1. The number of nitrogens with one attached hydrogen (secondary N) is 1. The van der Waals surface area contributed by atoms with Crippen LogP contribution in [0.3, 0.4) is 0 Å². The molecule has 2 atom stereocenters. The molecule has 1 rings (SSSR count). The van der Waals surface area contributed by atoms with Crippen LogP contribution in [0.2, 0.25) is 0 Å². The van der Waals surface area contributed by atoms with E-state index in [2.05, 4.69) is 17.5 Å². The van der Waals surface area contributed by atoms with Gasteiger partial charge in [0.1, 0.15) is 0 Å². The van der Waals surface area contributed by atoms with E-state index in [4.69, 9.17) is 5.11 Å². The quantitative estimate of drug-likeness (QED) is 0.692. The highest BCUT2D eigenvalue weighted by atomic mass is 16.3. The van der Waals surface area contributed by atoms with Crippen LogP contribution in [-0.2, 0) is 4.79 Å². The molecule has 0 saturated heterocycles. The third-order valence-corrected chi connectivity index (χ3v) is 2.97. The minimum absolute atomic E-state index is 0.0198. The van der Waals surface area contributed by atoms with Gasteiger partial charge in [-0.05, 0) is 25.2 Å². The molecule has 0 fully saturated rings. The van der Waals surface area contributed by atoms with Crippen molar-refractivity contribution in [3.05, 3.63) is 12.2 Å². The molecule has 3 nitrogen and oxygen atoms in total. The van der Waals surface area contributed by atoms with Crippen LogP contribution in [0.15, 0.2) is 12.2 Å². The third-order valence-electron chi connectivity index (χ3n) is 2.97. The molecule has 0 aromatic carbocycles. The highest BCUT2D eigenvalue weighted by Crippen LogP contribution is 2.18. The number of hydrogen-bond donors (Lipinski definition) is 2. The average molecular weight is 211 g/mol. The monoisotopic (exact) mass is 211 g/mol. The molecule has 0 aromatic heterocycles. The zero-order chi connectivity index (χ0) is 11.3. The molecule has 0 aliphatic heterocycles. The summed E-state index contributed by atoms with van der Waals surface area (Å²) in [6.07, 6.45) is 6.94. The summed E-state index contributed by atoms with van der Waals surface area (Å²) in [6.45, 7) is 4.02. The van der Waals surface area contributed by atoms with Gasteiger partial charge in [0.25, 0.3) is 0 Å². The first-order valence-electron chi connectivity index (χ1n) is 5.71. The molecule has 0 aromatic rings. The van der Waals surface area contributed by atoms with Gasteiger partial charge in [-0.1, -0.05) is 26.0 Å². The van der Waals surface area contributed by atoms with Gasteiger partial charge in [0, 0.05) is 5.92 Å². The summed E-state index contributed by atoms with van der Waals surface area (Å²) in [7, 11) is 0. The summed E-state index contributed by atoms with van der Waals surface area (Å²) < 4.78 is 0. The number of hydrogen-bond acceptors (Lipinski definition) is 2. The van der Waals surface area contributed by atoms with Gasteiger partial charge in [0.05, 0.1) is 12.6 Å². The predicted molar refractivity (Wildman–Crippen MR) is 60.3 cm³/mol. The standard InChI is InChI=1S/C12H21NO2/c1-9(2)11(8-14)13-12(15)10-6-4-3-5-7-10/h3-4,9-11,14H,5-8H2,1-2H3,(H,13,15)/t10?,11-/m1/s1. The van der Waals surface area contributed by atoms with Crippen molar-refractivity contribution >= 4 is 5.91 Å². The molecular weight excluding hydrogens is 190 g/mol. The Morgan fingerprint density at radius 2 is 2.27 bits per heavy atom. The molecule has 15 heavy (non-hydrogen) atoms. The van der Waals surface area contributed by atoms with Gasteiger partial charge in [-0.15, -0.1) is 0 Å². The minimum atomic E-state index is -0.108. The highest BCUT2D eigenvalue weighted by Gasteiger charge is 2.22. The normalized spacial score (nSPS) is 22.8. The molecule has 1 aliphatic rings. The van der Waals surface area contributed by atoms with E-state index in [1.807, 2.05) is 13.8 Å². The predicted octanol–water partition coefficient (Wildman–Crippen LogP) is 1.48. The van der Waals surface area contributed by atoms with Crippen molar-refractivity contribution in [2.24, 2.45) is 11.8 Å². The van der Waals surface area contributed by atoms with Gasteiger partial charge in [-0.2, -0.15) is 0 Å². The van der Waals surface area contributed by atoms with Crippen LogP contribution in [0.4, 0.5) is 0 Å². The van der Waals surface area contributed by atoms with Crippen LogP contribution in [0.25, 0.3) is 0 Å². The van der Waals surface area contributed by atoms with E-state index in [0.29, 0.717) is 0 Å². The second-order valence-corrected chi connectivity index (χ2v) is 4.52. The summed E-state index contributed by atoms with van der Waals surface area (Å²) in [6, 6.07) is -0.108. The molecule has 0 radical (unpaired) electrons. The van der Waals surface area contributed by atoms with Crippen LogP contribution in [0, 0.1) is 11.8 Å². The topological polar surface area (TPSA) is 49.3 Å². The van der Waals surface area contributed by atoms with Crippen LogP contribution in [0.5, 0.6) is 0 Å². The number of carbonyl (C=O) groups excluding carboxylic acids is 1. The molecule has 86 valence electrons. The van der Waals surface area contributed by atoms with Crippen LogP contribution < -0.4 is 5.32 Å². The van der Waals surface area contributed by atoms with Crippen LogP contribution >= 0.6 is 0 Å². The smallest absolute Gasteiger partial charge is 0.223 e. The van der Waals surface area contributed by atoms with Crippen LogP contribution in [-0.4, -0.2) is 23.7 Å². The zero-order valence-electron chi connectivity index (χ0n) is 9.57. The average Bonchev–Trinajstić information content (AvgIpc) is 2.26. The molecule has 0 spiro atoms. The lowest BCUT2D eigenvalue weighted by Crippen LogP contribution is -2.44. The van der Waals surface area contributed by atoms with Gasteiger partial charge in [0.2, 0.25) is 5.91 Å². The van der Waals surface area contributed by atoms with Crippen molar-refractivity contribution in [2.75, 3.05) is 6.61 Å². The second kappa shape index (κ2) is 5.91.